The quantitative estimate of drug-likeness (QED) is 0.696. The molecule has 3 aromatic rings. The van der Waals surface area contributed by atoms with Crippen molar-refractivity contribution in [2.75, 3.05) is 6.26 Å². The summed E-state index contributed by atoms with van der Waals surface area (Å²) in [6, 6.07) is 8.28. The second-order valence-corrected chi connectivity index (χ2v) is 8.31. The van der Waals surface area contributed by atoms with Crippen molar-refractivity contribution in [3.63, 3.8) is 0 Å². The largest absolute Gasteiger partial charge is 0.478 e. The van der Waals surface area contributed by atoms with E-state index < -0.39 is 27.5 Å². The SMILES string of the molecule is Cc1c(-c2cccc(C(F)(F)F)c2)nc2ccc(S(C)(=O)=O)cc2c1C(=O)O. The Hall–Kier alpha value is -2.94. The molecule has 1 heterocycles. The Kier molecular flexibility index (Phi) is 4.66. The summed E-state index contributed by atoms with van der Waals surface area (Å²) < 4.78 is 62.7. The van der Waals surface area contributed by atoms with E-state index in [1.165, 1.54) is 37.3 Å². The average Bonchev–Trinajstić information content (AvgIpc) is 2.59. The number of fused-ring (bicyclic) bond motifs is 1. The highest BCUT2D eigenvalue weighted by Crippen LogP contribution is 2.35. The molecule has 0 fully saturated rings. The molecule has 0 saturated heterocycles. The van der Waals surface area contributed by atoms with Crippen molar-refractivity contribution >= 4 is 26.7 Å². The van der Waals surface area contributed by atoms with E-state index in [-0.39, 0.29) is 38.2 Å². The maximum atomic E-state index is 13.0. The summed E-state index contributed by atoms with van der Waals surface area (Å²) in [7, 11) is -3.58. The minimum atomic E-state index is -4.55. The van der Waals surface area contributed by atoms with Crippen molar-refractivity contribution in [3.05, 3.63) is 59.2 Å². The van der Waals surface area contributed by atoms with Gasteiger partial charge in [0, 0.05) is 17.2 Å². The molecular weight excluding hydrogens is 395 g/mol. The number of halogens is 3. The number of benzene rings is 2. The fraction of sp³-hybridized carbons (Fsp3) is 0.158. The third-order valence-corrected chi connectivity index (χ3v) is 5.42. The molecule has 1 N–H and O–H groups in total. The number of carboxylic acid groups (broad SMARTS) is 1. The Morgan fingerprint density at radius 3 is 2.36 bits per heavy atom. The summed E-state index contributed by atoms with van der Waals surface area (Å²) in [4.78, 5) is 16.1. The highest BCUT2D eigenvalue weighted by Gasteiger charge is 2.31. The zero-order chi connectivity index (χ0) is 20.9. The molecule has 0 radical (unpaired) electrons. The van der Waals surface area contributed by atoms with Crippen LogP contribution in [0.25, 0.3) is 22.2 Å². The minimum absolute atomic E-state index is 0.0736. The van der Waals surface area contributed by atoms with E-state index in [0.29, 0.717) is 0 Å². The molecule has 0 aliphatic rings. The Labute approximate surface area is 158 Å². The number of hydrogen-bond donors (Lipinski definition) is 1. The lowest BCUT2D eigenvalue weighted by atomic mass is 9.97. The predicted octanol–water partition coefficient (Wildman–Crippen LogP) is 4.33. The normalized spacial score (nSPS) is 12.3. The number of hydrogen-bond acceptors (Lipinski definition) is 4. The van der Waals surface area contributed by atoms with Crippen LogP contribution in [-0.2, 0) is 16.0 Å². The fourth-order valence-corrected chi connectivity index (χ4v) is 3.61. The average molecular weight is 409 g/mol. The van der Waals surface area contributed by atoms with Crippen molar-refractivity contribution in [1.82, 2.24) is 4.98 Å². The second-order valence-electron chi connectivity index (χ2n) is 6.30. The first-order valence-corrected chi connectivity index (χ1v) is 9.84. The van der Waals surface area contributed by atoms with Gasteiger partial charge in [0.1, 0.15) is 0 Å². The topological polar surface area (TPSA) is 84.3 Å². The van der Waals surface area contributed by atoms with Gasteiger partial charge < -0.3 is 5.11 Å². The predicted molar refractivity (Wildman–Crippen MR) is 97.0 cm³/mol. The molecule has 1 aromatic heterocycles. The molecule has 2 aromatic carbocycles. The highest BCUT2D eigenvalue weighted by molar-refractivity contribution is 7.90. The van der Waals surface area contributed by atoms with E-state index in [4.69, 9.17) is 0 Å². The van der Waals surface area contributed by atoms with Crippen molar-refractivity contribution in [3.8, 4) is 11.3 Å². The van der Waals surface area contributed by atoms with Crippen LogP contribution in [0.2, 0.25) is 0 Å². The molecule has 0 spiro atoms. The number of alkyl halides is 3. The van der Waals surface area contributed by atoms with Gasteiger partial charge in [0.2, 0.25) is 0 Å². The van der Waals surface area contributed by atoms with Crippen LogP contribution in [0.4, 0.5) is 13.2 Å². The van der Waals surface area contributed by atoms with Crippen molar-refractivity contribution in [2.45, 2.75) is 18.0 Å². The molecule has 0 saturated carbocycles. The van der Waals surface area contributed by atoms with Gasteiger partial charge in [-0.15, -0.1) is 0 Å². The van der Waals surface area contributed by atoms with Gasteiger partial charge in [0.05, 0.1) is 27.2 Å². The van der Waals surface area contributed by atoms with Crippen LogP contribution in [-0.4, -0.2) is 30.7 Å². The van der Waals surface area contributed by atoms with E-state index in [1.54, 1.807) is 0 Å². The van der Waals surface area contributed by atoms with E-state index >= 15 is 0 Å². The molecule has 0 aliphatic heterocycles. The van der Waals surface area contributed by atoms with Crippen LogP contribution < -0.4 is 0 Å². The van der Waals surface area contributed by atoms with Crippen molar-refractivity contribution in [1.29, 1.82) is 0 Å². The summed E-state index contributed by atoms with van der Waals surface area (Å²) in [5.41, 5.74) is -0.571. The van der Waals surface area contributed by atoms with Gasteiger partial charge in [0.15, 0.2) is 9.84 Å². The van der Waals surface area contributed by atoms with Crippen LogP contribution in [0, 0.1) is 6.92 Å². The Morgan fingerprint density at radius 1 is 1.11 bits per heavy atom. The van der Waals surface area contributed by atoms with Crippen LogP contribution in [0.3, 0.4) is 0 Å². The molecule has 0 aliphatic carbocycles. The molecule has 0 atom stereocenters. The van der Waals surface area contributed by atoms with E-state index in [0.717, 1.165) is 18.4 Å². The fourth-order valence-electron chi connectivity index (χ4n) is 2.97. The molecule has 146 valence electrons. The summed E-state index contributed by atoms with van der Waals surface area (Å²) in [6.45, 7) is 1.43. The minimum Gasteiger partial charge on any atom is -0.478 e. The number of nitrogens with zero attached hydrogens (tertiary/aromatic N) is 1. The van der Waals surface area contributed by atoms with Crippen LogP contribution in [0.1, 0.15) is 21.5 Å². The molecular formula is C19H14F3NO4S. The first kappa shape index (κ1) is 19.8. The second kappa shape index (κ2) is 6.59. The number of aromatic nitrogens is 1. The third-order valence-electron chi connectivity index (χ3n) is 4.31. The lowest BCUT2D eigenvalue weighted by molar-refractivity contribution is -0.137. The zero-order valence-electron chi connectivity index (χ0n) is 14.7. The summed E-state index contributed by atoms with van der Waals surface area (Å²) >= 11 is 0. The van der Waals surface area contributed by atoms with Gasteiger partial charge in [0.25, 0.3) is 0 Å². The van der Waals surface area contributed by atoms with Gasteiger partial charge in [-0.1, -0.05) is 12.1 Å². The molecule has 0 unspecified atom stereocenters. The molecule has 3 rings (SSSR count). The van der Waals surface area contributed by atoms with Gasteiger partial charge in [-0.2, -0.15) is 13.2 Å². The Bertz CT molecular complexity index is 1220. The van der Waals surface area contributed by atoms with Crippen molar-refractivity contribution < 1.29 is 31.5 Å². The van der Waals surface area contributed by atoms with Gasteiger partial charge in [-0.3, -0.25) is 0 Å². The van der Waals surface area contributed by atoms with Crippen molar-refractivity contribution in [2.24, 2.45) is 0 Å². The maximum absolute atomic E-state index is 13.0. The molecule has 0 amide bonds. The molecule has 5 nitrogen and oxygen atoms in total. The first-order chi connectivity index (χ1) is 12.9. The number of rotatable bonds is 3. The van der Waals surface area contributed by atoms with Crippen LogP contribution in [0.15, 0.2) is 47.4 Å². The van der Waals surface area contributed by atoms with Crippen LogP contribution >= 0.6 is 0 Å². The van der Waals surface area contributed by atoms with Gasteiger partial charge in [-0.05, 0) is 42.8 Å². The lowest BCUT2D eigenvalue weighted by Gasteiger charge is -2.14. The molecule has 9 heteroatoms. The smallest absolute Gasteiger partial charge is 0.416 e. The number of carbonyl (C=O) groups is 1. The summed E-state index contributed by atoms with van der Waals surface area (Å²) in [5.74, 6) is -1.33. The van der Waals surface area contributed by atoms with Crippen LogP contribution in [0.5, 0.6) is 0 Å². The van der Waals surface area contributed by atoms with E-state index in [2.05, 4.69) is 4.98 Å². The lowest BCUT2D eigenvalue weighted by Crippen LogP contribution is -2.07. The summed E-state index contributed by atoms with van der Waals surface area (Å²) in [5, 5.41) is 9.76. The van der Waals surface area contributed by atoms with Gasteiger partial charge in [-0.25, -0.2) is 18.2 Å². The first-order valence-electron chi connectivity index (χ1n) is 7.95. The number of aromatic carboxylic acids is 1. The number of carboxylic acids is 1. The Balaban J connectivity index is 2.35. The number of sulfone groups is 1. The Morgan fingerprint density at radius 2 is 1.79 bits per heavy atom. The zero-order valence-corrected chi connectivity index (χ0v) is 15.5. The standard InChI is InChI=1S/C19H14F3NO4S/c1-10-16(18(24)25)14-9-13(28(2,26)27)6-7-15(14)23-17(10)11-4-3-5-12(8-11)19(20,21)22/h3-9H,1-2H3,(H,24,25). The monoisotopic (exact) mass is 409 g/mol. The maximum Gasteiger partial charge on any atom is 0.416 e. The van der Waals surface area contributed by atoms with Gasteiger partial charge >= 0.3 is 12.1 Å². The summed E-state index contributed by atoms with van der Waals surface area (Å²) in [6.07, 6.45) is -3.56. The highest BCUT2D eigenvalue weighted by atomic mass is 32.2. The third kappa shape index (κ3) is 3.57. The number of pyridine rings is 1. The molecule has 28 heavy (non-hydrogen) atoms. The molecule has 0 bridgehead atoms. The van der Waals surface area contributed by atoms with E-state index in [9.17, 15) is 31.5 Å². The van der Waals surface area contributed by atoms with E-state index in [1.807, 2.05) is 0 Å².